The number of benzodiazepines with no additional fused rings is 1. The van der Waals surface area contributed by atoms with E-state index >= 15 is 0 Å². The fraction of sp³-hybridized carbons (Fsp3) is 0.167. The maximum absolute atomic E-state index is 13.0. The van der Waals surface area contributed by atoms with Crippen LogP contribution in [0.4, 0.5) is 5.69 Å². The summed E-state index contributed by atoms with van der Waals surface area (Å²) < 4.78 is 1.28. The Labute approximate surface area is 196 Å². The molecule has 2 N–H and O–H groups in total. The third kappa shape index (κ3) is 4.69. The number of anilines is 1. The van der Waals surface area contributed by atoms with Gasteiger partial charge in [0.05, 0.1) is 0 Å². The normalized spacial score (nSPS) is 15.9. The molecule has 0 fully saturated rings. The molecule has 0 aliphatic carbocycles. The molecule has 0 bridgehead atoms. The summed E-state index contributed by atoms with van der Waals surface area (Å²) in [7, 11) is 0. The van der Waals surface area contributed by atoms with Gasteiger partial charge >= 0.3 is 191 Å². The number of halogens is 2. The summed E-state index contributed by atoms with van der Waals surface area (Å²) in [5, 5.41) is 12.8. The summed E-state index contributed by atoms with van der Waals surface area (Å²) in [6.07, 6.45) is 1.53. The van der Waals surface area contributed by atoms with Crippen LogP contribution in [0.1, 0.15) is 29.2 Å². The summed E-state index contributed by atoms with van der Waals surface area (Å²) >= 11 is 2.33. The van der Waals surface area contributed by atoms with Crippen LogP contribution in [0.5, 0.6) is 5.75 Å². The Kier molecular flexibility index (Phi) is 6.72. The Morgan fingerprint density at radius 3 is 2.40 bits per heavy atom. The van der Waals surface area contributed by atoms with Gasteiger partial charge in [-0.3, -0.25) is 0 Å². The van der Waals surface area contributed by atoms with Crippen molar-refractivity contribution < 1.29 is 27.1 Å². The molecule has 6 heteroatoms. The molecular formula is C24H21I2N2O2-. The number of carbonyl (C=O) groups is 1. The van der Waals surface area contributed by atoms with Crippen LogP contribution in [0.15, 0.2) is 71.7 Å². The standard InChI is InChI=1S/C24H21I2N2O2/c1-2-15-3-5-16(6-4-15)13-22-24(30)28-21-12-9-18(26-25)14-20(21)23(27-22)17-7-10-19(29)11-8-17/h3-12,14,22,29H,2,13H2,1H3,(H,28,30)/q-1. The van der Waals surface area contributed by atoms with E-state index in [9.17, 15) is 9.90 Å². The first-order valence-electron chi connectivity index (χ1n) is 9.73. The molecule has 4 rings (SSSR count). The first kappa shape index (κ1) is 21.3. The van der Waals surface area contributed by atoms with E-state index in [4.69, 9.17) is 4.99 Å². The minimum atomic E-state index is -0.522. The molecule has 1 unspecified atom stereocenters. The Bertz CT molecular complexity index is 1090. The number of aromatic hydroxyl groups is 1. The molecule has 1 heterocycles. The molecule has 0 aromatic heterocycles. The van der Waals surface area contributed by atoms with Crippen LogP contribution < -0.4 is 22.5 Å². The monoisotopic (exact) mass is 623 g/mol. The van der Waals surface area contributed by atoms with Crippen molar-refractivity contribution in [3.8, 4) is 5.75 Å². The Hall–Kier alpha value is -1.94. The van der Waals surface area contributed by atoms with Gasteiger partial charge in [0.15, 0.2) is 0 Å². The Morgan fingerprint density at radius 2 is 1.73 bits per heavy atom. The number of aryl methyl sites for hydroxylation is 1. The molecule has 3 aromatic rings. The average Bonchev–Trinajstić information content (AvgIpc) is 2.91. The number of nitrogens with one attached hydrogen (secondary N) is 1. The number of benzene rings is 3. The van der Waals surface area contributed by atoms with E-state index in [2.05, 4.69) is 67.3 Å². The van der Waals surface area contributed by atoms with Crippen LogP contribution in [0.2, 0.25) is 0 Å². The van der Waals surface area contributed by atoms with Gasteiger partial charge in [-0.05, 0) is 0 Å². The van der Waals surface area contributed by atoms with E-state index in [0.29, 0.717) is 6.42 Å². The SMILES string of the molecule is CCc1ccc(CC2N=C(c3ccc(O)cc3)c3cc([I-]I)ccc3NC2=O)cc1. The Morgan fingerprint density at radius 1 is 1.03 bits per heavy atom. The molecule has 1 atom stereocenters. The molecule has 0 saturated heterocycles. The van der Waals surface area contributed by atoms with Crippen LogP contribution in [-0.2, 0) is 17.6 Å². The summed E-state index contributed by atoms with van der Waals surface area (Å²) in [5.74, 6) is 0.114. The van der Waals surface area contributed by atoms with E-state index in [1.54, 1.807) is 12.1 Å². The first-order valence-corrected chi connectivity index (χ1v) is 17.1. The molecule has 30 heavy (non-hydrogen) atoms. The predicted molar refractivity (Wildman–Crippen MR) is 125 cm³/mol. The van der Waals surface area contributed by atoms with Gasteiger partial charge in [0, 0.05) is 0 Å². The number of carbonyl (C=O) groups excluding carboxylic acids is 1. The van der Waals surface area contributed by atoms with Gasteiger partial charge in [0.1, 0.15) is 0 Å². The van der Waals surface area contributed by atoms with Crippen LogP contribution >= 0.6 is 18.6 Å². The van der Waals surface area contributed by atoms with E-state index < -0.39 is 6.04 Å². The molecule has 0 spiro atoms. The van der Waals surface area contributed by atoms with Crippen molar-refractivity contribution in [2.75, 3.05) is 5.32 Å². The maximum atomic E-state index is 13.0. The summed E-state index contributed by atoms with van der Waals surface area (Å²) in [6, 6.07) is 21.1. The van der Waals surface area contributed by atoms with Gasteiger partial charge in [0.2, 0.25) is 0 Å². The number of aliphatic imine (C=N–C) groups is 1. The molecule has 1 amide bonds. The molecule has 0 saturated carbocycles. The molecule has 0 radical (unpaired) electrons. The zero-order valence-corrected chi connectivity index (χ0v) is 20.7. The zero-order chi connectivity index (χ0) is 21.1. The number of rotatable bonds is 5. The number of phenols is 1. The van der Waals surface area contributed by atoms with Gasteiger partial charge in [-0.1, -0.05) is 6.92 Å². The van der Waals surface area contributed by atoms with Crippen LogP contribution in [0, 0.1) is 3.57 Å². The fourth-order valence-corrected chi connectivity index (χ4v) is 5.93. The predicted octanol–water partition coefficient (Wildman–Crippen LogP) is 1.96. The van der Waals surface area contributed by atoms with Gasteiger partial charge < -0.3 is 0 Å². The molecule has 4 nitrogen and oxygen atoms in total. The second-order valence-electron chi connectivity index (χ2n) is 7.17. The minimum absolute atomic E-state index is 0.0958. The second kappa shape index (κ2) is 9.47. The summed E-state index contributed by atoms with van der Waals surface area (Å²) in [4.78, 5) is 18.0. The van der Waals surface area contributed by atoms with E-state index in [0.717, 1.165) is 34.5 Å². The van der Waals surface area contributed by atoms with Crippen molar-refractivity contribution in [2.24, 2.45) is 4.99 Å². The van der Waals surface area contributed by atoms with Crippen molar-refractivity contribution in [2.45, 2.75) is 25.8 Å². The van der Waals surface area contributed by atoms with Crippen LogP contribution in [0.25, 0.3) is 0 Å². The number of fused-ring (bicyclic) bond motifs is 1. The quantitative estimate of drug-likeness (QED) is 0.428. The molecule has 154 valence electrons. The van der Waals surface area contributed by atoms with Gasteiger partial charge in [-0.2, -0.15) is 0 Å². The number of hydrogen-bond donors (Lipinski definition) is 2. The first-order chi connectivity index (χ1) is 14.6. The van der Waals surface area contributed by atoms with Crippen molar-refractivity contribution in [1.29, 1.82) is 0 Å². The van der Waals surface area contributed by atoms with E-state index in [-0.39, 0.29) is 28.9 Å². The van der Waals surface area contributed by atoms with Crippen LogP contribution in [-0.4, -0.2) is 22.8 Å². The van der Waals surface area contributed by atoms with Crippen molar-refractivity contribution in [1.82, 2.24) is 0 Å². The summed E-state index contributed by atoms with van der Waals surface area (Å²) in [5.41, 5.74) is 5.76. The van der Waals surface area contributed by atoms with E-state index in [1.807, 2.05) is 18.2 Å². The third-order valence-electron chi connectivity index (χ3n) is 5.17. The third-order valence-corrected chi connectivity index (χ3v) is 9.47. The van der Waals surface area contributed by atoms with Crippen molar-refractivity contribution >= 4 is 35.9 Å². The van der Waals surface area contributed by atoms with Gasteiger partial charge in [-0.25, -0.2) is 0 Å². The van der Waals surface area contributed by atoms with Crippen molar-refractivity contribution in [3.63, 3.8) is 0 Å². The second-order valence-corrected chi connectivity index (χ2v) is 11.6. The van der Waals surface area contributed by atoms with Gasteiger partial charge in [-0.15, -0.1) is 0 Å². The zero-order valence-electron chi connectivity index (χ0n) is 16.4. The summed E-state index contributed by atoms with van der Waals surface area (Å²) in [6.45, 7) is 2.13. The molecule has 3 aromatic carbocycles. The Balaban J connectivity index is 1.78. The number of amides is 1. The molecule has 1 aliphatic rings. The van der Waals surface area contributed by atoms with Crippen molar-refractivity contribution in [3.05, 3.63) is 92.6 Å². The molecule has 1 aliphatic heterocycles. The number of nitrogens with zero attached hydrogens (tertiary/aromatic N) is 1. The van der Waals surface area contributed by atoms with Crippen LogP contribution in [0.3, 0.4) is 0 Å². The topological polar surface area (TPSA) is 61.7 Å². The number of hydrogen-bond acceptors (Lipinski definition) is 3. The number of phenolic OH excluding ortho intramolecular Hbond substituents is 1. The molecular weight excluding hydrogens is 602 g/mol. The fourth-order valence-electron chi connectivity index (χ4n) is 3.49. The van der Waals surface area contributed by atoms with E-state index in [1.165, 1.54) is 9.13 Å². The average molecular weight is 623 g/mol. The van der Waals surface area contributed by atoms with Gasteiger partial charge in [0.25, 0.3) is 0 Å².